The molecule has 0 spiro atoms. The van der Waals surface area contributed by atoms with Crippen LogP contribution in [0, 0.1) is 0 Å². The summed E-state index contributed by atoms with van der Waals surface area (Å²) in [7, 11) is 0. The highest BCUT2D eigenvalue weighted by Crippen LogP contribution is 2.60. The summed E-state index contributed by atoms with van der Waals surface area (Å²) in [5, 5.41) is 12.7. The van der Waals surface area contributed by atoms with E-state index in [2.05, 4.69) is 208 Å². The van der Waals surface area contributed by atoms with Crippen molar-refractivity contribution in [2.24, 2.45) is 0 Å². The number of hydrogen-bond donors (Lipinski definition) is 0. The molecule has 116 heavy (non-hydrogen) atoms. The first-order valence-electron chi connectivity index (χ1n) is 40.0. The van der Waals surface area contributed by atoms with Crippen LogP contribution in [-0.4, -0.2) is 79.7 Å². The Bertz CT molecular complexity index is 6150. The number of benzene rings is 12. The second-order valence-corrected chi connectivity index (χ2v) is 29.3. The van der Waals surface area contributed by atoms with E-state index in [9.17, 15) is 0 Å². The maximum atomic E-state index is 5.37. The number of rotatable bonds is 20. The lowest BCUT2D eigenvalue weighted by Gasteiger charge is -2.37. The molecule has 0 aliphatic heterocycles. The SMILES string of the molecule is CCc1ccc2cncnc2c1N(c1cc(N(c2c(CC)ccc3cncnc23)c2c(CC)ccc3cncnc23)c2ccc3c(N(c4c(CC)ccc5cncnc45)c4c(CC)ccc5cncnc45)cc(N(c4c(CC)ccc5cncnc45)c4c(CC)ccc5cncnc45)c4ccc1c2c43)c1c(CC)ccc2cncnc12. The Hall–Kier alpha value is -14.4. The normalized spacial score (nSPS) is 11.9. The van der Waals surface area contributed by atoms with Gasteiger partial charge in [0.2, 0.25) is 0 Å². The fraction of sp³-hybridized carbons (Fsp3) is 0.167. The summed E-state index contributed by atoms with van der Waals surface area (Å²) >= 11 is 0. The molecule has 20 heteroatoms. The minimum atomic E-state index is 0.649. The lowest BCUT2D eigenvalue weighted by molar-refractivity contribution is 1.08. The first-order valence-corrected chi connectivity index (χ1v) is 40.0. The molecule has 0 amide bonds. The molecule has 0 saturated carbocycles. The molecule has 0 unspecified atom stereocenters. The molecule has 20 aromatic rings. The van der Waals surface area contributed by atoms with E-state index < -0.39 is 0 Å². The number of aryl methyl sites for hydroxylation is 8. The molecule has 20 rings (SSSR count). The second kappa shape index (κ2) is 29.0. The van der Waals surface area contributed by atoms with Crippen LogP contribution in [0.25, 0.3) is 120 Å². The Labute approximate surface area is 668 Å². The van der Waals surface area contributed by atoms with Crippen LogP contribution >= 0.6 is 0 Å². The molecule has 0 fully saturated rings. The molecule has 8 heterocycles. The molecule has 0 aliphatic carbocycles. The predicted molar refractivity (Wildman–Crippen MR) is 469 cm³/mol. The second-order valence-electron chi connectivity index (χ2n) is 29.3. The van der Waals surface area contributed by atoms with E-state index in [0.29, 0.717) is 51.4 Å². The Morgan fingerprint density at radius 3 is 0.474 bits per heavy atom. The van der Waals surface area contributed by atoms with E-state index in [1.54, 1.807) is 50.6 Å². The minimum Gasteiger partial charge on any atom is -0.305 e. The van der Waals surface area contributed by atoms with Crippen LogP contribution in [0.3, 0.4) is 0 Å². The van der Waals surface area contributed by atoms with Crippen LogP contribution in [0.2, 0.25) is 0 Å². The molecule has 0 N–H and O–H groups in total. The highest BCUT2D eigenvalue weighted by atomic mass is 15.2. The molecule has 0 atom stereocenters. The zero-order valence-corrected chi connectivity index (χ0v) is 65.5. The van der Waals surface area contributed by atoms with Crippen molar-refractivity contribution in [1.82, 2.24) is 79.7 Å². The summed E-state index contributed by atoms with van der Waals surface area (Å²) in [6.07, 6.45) is 34.0. The predicted octanol–water partition coefficient (Wildman–Crippen LogP) is 22.5. The summed E-state index contributed by atoms with van der Waals surface area (Å²) in [6, 6.07) is 49.5. The molecule has 12 aromatic carbocycles. The summed E-state index contributed by atoms with van der Waals surface area (Å²) in [6.45, 7) is 17.8. The van der Waals surface area contributed by atoms with Crippen LogP contribution < -0.4 is 19.6 Å². The van der Waals surface area contributed by atoms with Crippen molar-refractivity contribution >= 4 is 188 Å². The van der Waals surface area contributed by atoms with Gasteiger partial charge in [0.15, 0.2) is 0 Å². The Kier molecular flexibility index (Phi) is 17.7. The van der Waals surface area contributed by atoms with E-state index in [4.69, 9.17) is 79.7 Å². The first-order chi connectivity index (χ1) is 57.3. The van der Waals surface area contributed by atoms with E-state index in [-0.39, 0.29) is 0 Å². The van der Waals surface area contributed by atoms with E-state index in [1.165, 1.54) is 0 Å². The van der Waals surface area contributed by atoms with Gasteiger partial charge in [-0.15, -0.1) is 0 Å². The van der Waals surface area contributed by atoms with Gasteiger partial charge in [-0.3, -0.25) is 0 Å². The standard InChI is InChI=1S/C96H78N20/c1-9-55-17-25-63-39-97-47-105-81(63)89(55)113(90-56(10-2)18-26-64-40-98-48-106-82(64)90)75-37-76(114(91-57(11-3)19-27-65-41-99-49-107-83(65)91)92-58(12-4)20-28-66-42-100-50-108-84(66)92)72-35-36-74-78(116(95-61(15-7)23-31-69-45-103-53-111-87(69)95)96-62(16-8)24-32-70-46-104-54-112-88(70)96)38-77(73-34-33-71(75)79(72)80(73)74)115(93-59(13-5)21-29-67-43-101-51-109-85(67)93)94-60(14-6)22-30-68-44-102-52-110-86(68)94/h17-54H,9-16H2,1-8H3. The average Bonchev–Trinajstić information content (AvgIpc) is 0.689. The Balaban J connectivity index is 1.09. The van der Waals surface area contributed by atoms with Gasteiger partial charge >= 0.3 is 0 Å². The molecule has 20 nitrogen and oxygen atoms in total. The number of aromatic nitrogens is 16. The fourth-order valence-electron chi connectivity index (χ4n) is 18.0. The van der Waals surface area contributed by atoms with Crippen LogP contribution in [-0.2, 0) is 51.4 Å². The van der Waals surface area contributed by atoms with Crippen molar-refractivity contribution in [2.45, 2.75) is 107 Å². The van der Waals surface area contributed by atoms with Crippen LogP contribution in [0.5, 0.6) is 0 Å². The summed E-state index contributed by atoms with van der Waals surface area (Å²) in [5.74, 6) is 0. The lowest BCUT2D eigenvalue weighted by Crippen LogP contribution is -2.20. The van der Waals surface area contributed by atoms with Gasteiger partial charge < -0.3 is 19.6 Å². The number of hydrogen-bond acceptors (Lipinski definition) is 20. The molecule has 562 valence electrons. The van der Waals surface area contributed by atoms with Crippen LogP contribution in [0.15, 0.2) is 234 Å². The highest BCUT2D eigenvalue weighted by Gasteiger charge is 2.37. The van der Waals surface area contributed by atoms with E-state index >= 15 is 0 Å². The molecule has 0 radical (unpaired) electrons. The van der Waals surface area contributed by atoms with Crippen LogP contribution in [0.1, 0.15) is 99.9 Å². The van der Waals surface area contributed by atoms with Crippen molar-refractivity contribution in [3.8, 4) is 0 Å². The average molecular weight is 1510 g/mol. The molecule has 0 saturated heterocycles. The zero-order valence-electron chi connectivity index (χ0n) is 65.5. The fourth-order valence-corrected chi connectivity index (χ4v) is 18.0. The Morgan fingerprint density at radius 1 is 0.190 bits per heavy atom. The third-order valence-electron chi connectivity index (χ3n) is 23.5. The van der Waals surface area contributed by atoms with Gasteiger partial charge in [0.25, 0.3) is 0 Å². The summed E-state index contributed by atoms with van der Waals surface area (Å²) in [5.41, 5.74) is 25.3. The molecule has 0 aliphatic rings. The van der Waals surface area contributed by atoms with Gasteiger partial charge in [-0.2, -0.15) is 0 Å². The van der Waals surface area contributed by atoms with Crippen molar-refractivity contribution in [2.75, 3.05) is 19.6 Å². The number of nitrogens with zero attached hydrogens (tertiary/aromatic N) is 20. The summed E-state index contributed by atoms with van der Waals surface area (Å²) in [4.78, 5) is 90.7. The first kappa shape index (κ1) is 70.7. The molecule has 0 bridgehead atoms. The van der Waals surface area contributed by atoms with Gasteiger partial charge in [0.05, 0.1) is 112 Å². The highest BCUT2D eigenvalue weighted by molar-refractivity contribution is 6.34. The maximum absolute atomic E-state index is 5.37. The van der Waals surface area contributed by atoms with Gasteiger partial charge in [0, 0.05) is 125 Å². The van der Waals surface area contributed by atoms with Gasteiger partial charge in [0.1, 0.15) is 50.6 Å². The smallest absolute Gasteiger partial charge is 0.116 e. The molecule has 8 aromatic heterocycles. The van der Waals surface area contributed by atoms with Gasteiger partial charge in [-0.05, 0) is 108 Å². The number of fused-ring (bicyclic) bond motifs is 8. The largest absolute Gasteiger partial charge is 0.305 e. The van der Waals surface area contributed by atoms with Crippen molar-refractivity contribution in [1.29, 1.82) is 0 Å². The van der Waals surface area contributed by atoms with Crippen molar-refractivity contribution < 1.29 is 0 Å². The topological polar surface area (TPSA) is 219 Å². The van der Waals surface area contributed by atoms with Crippen LogP contribution in [0.4, 0.5) is 68.2 Å². The van der Waals surface area contributed by atoms with Crippen molar-refractivity contribution in [3.05, 3.63) is 278 Å². The summed E-state index contributed by atoms with van der Waals surface area (Å²) < 4.78 is 0. The third-order valence-corrected chi connectivity index (χ3v) is 23.5. The van der Waals surface area contributed by atoms with Gasteiger partial charge in [-0.25, -0.2) is 79.7 Å². The minimum absolute atomic E-state index is 0.649. The van der Waals surface area contributed by atoms with E-state index in [0.717, 1.165) is 232 Å². The third kappa shape index (κ3) is 11.1. The molecular weight excluding hydrogens is 1430 g/mol. The quantitative estimate of drug-likeness (QED) is 0.0648. The van der Waals surface area contributed by atoms with Gasteiger partial charge in [-0.1, -0.05) is 177 Å². The Morgan fingerprint density at radius 2 is 0.336 bits per heavy atom. The zero-order chi connectivity index (χ0) is 78.4. The molecular formula is C96H78N20. The lowest BCUT2D eigenvalue weighted by atomic mass is 9.87. The maximum Gasteiger partial charge on any atom is 0.116 e. The van der Waals surface area contributed by atoms with Crippen molar-refractivity contribution in [3.63, 3.8) is 0 Å². The van der Waals surface area contributed by atoms with E-state index in [1.807, 2.05) is 49.6 Å². The number of anilines is 12. The monoisotopic (exact) mass is 1510 g/mol.